The maximum absolute atomic E-state index is 11.6. The SMILES string of the molecule is COC(=O)CC1CN(CCC(C)C)Cc2ccccc21. The molecule has 0 amide bonds. The number of methoxy groups -OCH3 is 1. The minimum Gasteiger partial charge on any atom is -0.469 e. The molecular weight excluding hydrogens is 250 g/mol. The molecule has 1 aromatic rings. The number of ether oxygens (including phenoxy) is 1. The van der Waals surface area contributed by atoms with Crippen LogP contribution in [0.25, 0.3) is 0 Å². The monoisotopic (exact) mass is 275 g/mol. The second-order valence-corrected chi connectivity index (χ2v) is 6.09. The van der Waals surface area contributed by atoms with Gasteiger partial charge in [-0.2, -0.15) is 0 Å². The Hall–Kier alpha value is -1.35. The van der Waals surface area contributed by atoms with Gasteiger partial charge in [0.1, 0.15) is 0 Å². The Morgan fingerprint density at radius 2 is 2.15 bits per heavy atom. The summed E-state index contributed by atoms with van der Waals surface area (Å²) in [6.45, 7) is 7.57. The van der Waals surface area contributed by atoms with Crippen LogP contribution in [0.2, 0.25) is 0 Å². The number of benzene rings is 1. The molecule has 1 aliphatic heterocycles. The minimum absolute atomic E-state index is 0.115. The number of hydrogen-bond acceptors (Lipinski definition) is 3. The maximum atomic E-state index is 11.6. The Morgan fingerprint density at radius 3 is 2.85 bits per heavy atom. The average Bonchev–Trinajstić information content (AvgIpc) is 2.45. The van der Waals surface area contributed by atoms with E-state index in [9.17, 15) is 4.79 Å². The standard InChI is InChI=1S/C17H25NO2/c1-13(2)8-9-18-11-14-6-4-5-7-16(14)15(12-18)10-17(19)20-3/h4-7,13,15H,8-12H2,1-3H3. The van der Waals surface area contributed by atoms with Gasteiger partial charge in [0.05, 0.1) is 13.5 Å². The fourth-order valence-corrected chi connectivity index (χ4v) is 2.86. The molecule has 1 heterocycles. The molecule has 0 bridgehead atoms. The smallest absolute Gasteiger partial charge is 0.306 e. The molecule has 3 heteroatoms. The third-order valence-corrected chi connectivity index (χ3v) is 4.03. The Labute approximate surface area is 121 Å². The molecule has 0 saturated heterocycles. The average molecular weight is 275 g/mol. The van der Waals surface area contributed by atoms with E-state index >= 15 is 0 Å². The maximum Gasteiger partial charge on any atom is 0.306 e. The lowest BCUT2D eigenvalue weighted by Crippen LogP contribution is -2.35. The molecule has 0 aliphatic carbocycles. The van der Waals surface area contributed by atoms with Crippen LogP contribution in [-0.2, 0) is 16.1 Å². The molecular formula is C17H25NO2. The van der Waals surface area contributed by atoms with Crippen molar-refractivity contribution in [2.45, 2.75) is 39.2 Å². The largest absolute Gasteiger partial charge is 0.469 e. The van der Waals surface area contributed by atoms with Crippen molar-refractivity contribution in [3.8, 4) is 0 Å². The van der Waals surface area contributed by atoms with Crippen LogP contribution in [-0.4, -0.2) is 31.1 Å². The number of nitrogens with zero attached hydrogens (tertiary/aromatic N) is 1. The van der Waals surface area contributed by atoms with Crippen LogP contribution in [0.3, 0.4) is 0 Å². The van der Waals surface area contributed by atoms with Gasteiger partial charge >= 0.3 is 5.97 Å². The molecule has 0 aromatic heterocycles. The van der Waals surface area contributed by atoms with Crippen LogP contribution >= 0.6 is 0 Å². The van der Waals surface area contributed by atoms with Crippen molar-refractivity contribution >= 4 is 5.97 Å². The molecule has 0 N–H and O–H groups in total. The third-order valence-electron chi connectivity index (χ3n) is 4.03. The van der Waals surface area contributed by atoms with E-state index < -0.39 is 0 Å². The van der Waals surface area contributed by atoms with Gasteiger partial charge in [-0.15, -0.1) is 0 Å². The quantitative estimate of drug-likeness (QED) is 0.773. The van der Waals surface area contributed by atoms with Crippen molar-refractivity contribution in [1.82, 2.24) is 4.90 Å². The third kappa shape index (κ3) is 3.83. The predicted molar refractivity (Wildman–Crippen MR) is 80.5 cm³/mol. The summed E-state index contributed by atoms with van der Waals surface area (Å²) in [6.07, 6.45) is 1.68. The van der Waals surface area contributed by atoms with Gasteiger partial charge < -0.3 is 4.74 Å². The Balaban J connectivity index is 2.11. The van der Waals surface area contributed by atoms with Crippen LogP contribution in [0, 0.1) is 5.92 Å². The number of hydrogen-bond donors (Lipinski definition) is 0. The van der Waals surface area contributed by atoms with Crippen molar-refractivity contribution in [3.05, 3.63) is 35.4 Å². The summed E-state index contributed by atoms with van der Waals surface area (Å²) in [5, 5.41) is 0. The van der Waals surface area contributed by atoms with Crippen molar-refractivity contribution in [3.63, 3.8) is 0 Å². The van der Waals surface area contributed by atoms with E-state index in [4.69, 9.17) is 4.74 Å². The van der Waals surface area contributed by atoms with E-state index in [0.717, 1.165) is 19.6 Å². The number of carbonyl (C=O) groups is 1. The Kier molecular flexibility index (Phi) is 5.18. The number of fused-ring (bicyclic) bond motifs is 1. The van der Waals surface area contributed by atoms with Gasteiger partial charge in [-0.1, -0.05) is 38.1 Å². The zero-order valence-electron chi connectivity index (χ0n) is 12.8. The molecule has 1 unspecified atom stereocenters. The summed E-state index contributed by atoms with van der Waals surface area (Å²) >= 11 is 0. The molecule has 0 saturated carbocycles. The van der Waals surface area contributed by atoms with Crippen LogP contribution < -0.4 is 0 Å². The number of carbonyl (C=O) groups excluding carboxylic acids is 1. The molecule has 1 aromatic carbocycles. The second-order valence-electron chi connectivity index (χ2n) is 6.09. The van der Waals surface area contributed by atoms with E-state index in [1.54, 1.807) is 0 Å². The van der Waals surface area contributed by atoms with Gasteiger partial charge in [0.25, 0.3) is 0 Å². The van der Waals surface area contributed by atoms with Crippen molar-refractivity contribution in [2.24, 2.45) is 5.92 Å². The second kappa shape index (κ2) is 6.89. The number of rotatable bonds is 5. The summed E-state index contributed by atoms with van der Waals surface area (Å²) in [7, 11) is 1.47. The molecule has 3 nitrogen and oxygen atoms in total. The fourth-order valence-electron chi connectivity index (χ4n) is 2.86. The Morgan fingerprint density at radius 1 is 1.40 bits per heavy atom. The summed E-state index contributed by atoms with van der Waals surface area (Å²) < 4.78 is 4.84. The first-order valence-corrected chi connectivity index (χ1v) is 7.47. The van der Waals surface area contributed by atoms with Gasteiger partial charge in [0, 0.05) is 19.0 Å². The highest BCUT2D eigenvalue weighted by Gasteiger charge is 2.26. The van der Waals surface area contributed by atoms with Gasteiger partial charge in [-0.25, -0.2) is 0 Å². The Bertz CT molecular complexity index is 456. The summed E-state index contributed by atoms with van der Waals surface area (Å²) in [4.78, 5) is 14.1. The van der Waals surface area contributed by atoms with Crippen LogP contribution in [0.4, 0.5) is 0 Å². The first-order chi connectivity index (χ1) is 9.60. The molecule has 0 radical (unpaired) electrons. The van der Waals surface area contributed by atoms with E-state index in [-0.39, 0.29) is 11.9 Å². The lowest BCUT2D eigenvalue weighted by molar-refractivity contribution is -0.141. The van der Waals surface area contributed by atoms with Gasteiger partial charge in [-0.05, 0) is 30.0 Å². The van der Waals surface area contributed by atoms with Crippen LogP contribution in [0.5, 0.6) is 0 Å². The highest BCUT2D eigenvalue weighted by molar-refractivity contribution is 5.70. The first-order valence-electron chi connectivity index (χ1n) is 7.47. The van der Waals surface area contributed by atoms with Gasteiger partial charge in [0.2, 0.25) is 0 Å². The molecule has 0 fully saturated rings. The minimum atomic E-state index is -0.115. The summed E-state index contributed by atoms with van der Waals surface area (Å²) in [6, 6.07) is 8.48. The van der Waals surface area contributed by atoms with Gasteiger partial charge in [0.15, 0.2) is 0 Å². The fraction of sp³-hybridized carbons (Fsp3) is 0.588. The molecule has 20 heavy (non-hydrogen) atoms. The first kappa shape index (κ1) is 15.0. The molecule has 110 valence electrons. The zero-order valence-corrected chi connectivity index (χ0v) is 12.8. The van der Waals surface area contributed by atoms with Crippen molar-refractivity contribution in [2.75, 3.05) is 20.2 Å². The number of esters is 1. The lowest BCUT2D eigenvalue weighted by atomic mass is 9.87. The molecule has 2 rings (SSSR count). The summed E-state index contributed by atoms with van der Waals surface area (Å²) in [5.41, 5.74) is 2.68. The molecule has 1 atom stereocenters. The highest BCUT2D eigenvalue weighted by Crippen LogP contribution is 2.31. The van der Waals surface area contributed by atoms with Crippen LogP contribution in [0.1, 0.15) is 43.7 Å². The van der Waals surface area contributed by atoms with E-state index in [1.165, 1.54) is 24.7 Å². The van der Waals surface area contributed by atoms with E-state index in [1.807, 2.05) is 0 Å². The topological polar surface area (TPSA) is 29.5 Å². The zero-order chi connectivity index (χ0) is 14.5. The van der Waals surface area contributed by atoms with Crippen LogP contribution in [0.15, 0.2) is 24.3 Å². The molecule has 0 spiro atoms. The predicted octanol–water partition coefficient (Wildman–Crippen LogP) is 3.20. The normalized spacial score (nSPS) is 18.9. The molecule has 1 aliphatic rings. The van der Waals surface area contributed by atoms with E-state index in [2.05, 4.69) is 43.0 Å². The summed E-state index contributed by atoms with van der Waals surface area (Å²) in [5.74, 6) is 0.862. The lowest BCUT2D eigenvalue weighted by Gasteiger charge is -2.34. The highest BCUT2D eigenvalue weighted by atomic mass is 16.5. The van der Waals surface area contributed by atoms with E-state index in [0.29, 0.717) is 12.3 Å². The van der Waals surface area contributed by atoms with Crippen molar-refractivity contribution < 1.29 is 9.53 Å². The van der Waals surface area contributed by atoms with Gasteiger partial charge in [-0.3, -0.25) is 9.69 Å². The van der Waals surface area contributed by atoms with Crippen molar-refractivity contribution in [1.29, 1.82) is 0 Å².